The molecule has 0 aromatic heterocycles. The fourth-order valence-electron chi connectivity index (χ4n) is 3.96. The zero-order valence-corrected chi connectivity index (χ0v) is 18.6. The number of hydrogen-bond acceptors (Lipinski definition) is 5. The van der Waals surface area contributed by atoms with Gasteiger partial charge >= 0.3 is 0 Å². The molecule has 0 amide bonds. The van der Waals surface area contributed by atoms with Crippen LogP contribution < -0.4 is 10.2 Å². The van der Waals surface area contributed by atoms with E-state index in [-0.39, 0.29) is 0 Å². The maximum Gasteiger partial charge on any atom is 0.243 e. The highest BCUT2D eigenvalue weighted by Crippen LogP contribution is 2.32. The van der Waals surface area contributed by atoms with Crippen LogP contribution in [-0.2, 0) is 21.3 Å². The quantitative estimate of drug-likeness (QED) is 0.723. The molecular formula is C22H28ClN3O3S. The van der Waals surface area contributed by atoms with E-state index in [1.165, 1.54) is 10.7 Å². The number of nitrogens with one attached hydrogen (secondary N) is 1. The summed E-state index contributed by atoms with van der Waals surface area (Å²) in [6.07, 6.45) is 3.56. The van der Waals surface area contributed by atoms with Gasteiger partial charge < -0.3 is 15.0 Å². The molecule has 0 bridgehead atoms. The summed E-state index contributed by atoms with van der Waals surface area (Å²) < 4.78 is 33.1. The van der Waals surface area contributed by atoms with Gasteiger partial charge in [0, 0.05) is 37.7 Å². The van der Waals surface area contributed by atoms with Crippen LogP contribution in [0.25, 0.3) is 0 Å². The van der Waals surface area contributed by atoms with Gasteiger partial charge in [0.25, 0.3) is 0 Å². The summed E-state index contributed by atoms with van der Waals surface area (Å²) in [4.78, 5) is 2.67. The fourth-order valence-corrected chi connectivity index (χ4v) is 5.52. The first-order valence-corrected chi connectivity index (χ1v) is 12.3. The predicted octanol–water partition coefficient (Wildman–Crippen LogP) is 3.96. The molecule has 0 saturated carbocycles. The van der Waals surface area contributed by atoms with Crippen molar-refractivity contribution < 1.29 is 13.2 Å². The summed E-state index contributed by atoms with van der Waals surface area (Å²) in [5.74, 6) is 0. The van der Waals surface area contributed by atoms with Crippen molar-refractivity contribution in [3.63, 3.8) is 0 Å². The van der Waals surface area contributed by atoms with Gasteiger partial charge in [-0.25, -0.2) is 8.42 Å². The van der Waals surface area contributed by atoms with Crippen molar-refractivity contribution in [3.05, 3.63) is 53.1 Å². The van der Waals surface area contributed by atoms with Crippen molar-refractivity contribution in [3.8, 4) is 0 Å². The largest absolute Gasteiger partial charge is 0.379 e. The lowest BCUT2D eigenvalue weighted by Crippen LogP contribution is -2.40. The van der Waals surface area contributed by atoms with E-state index in [4.69, 9.17) is 16.3 Å². The number of anilines is 2. The molecule has 8 heteroatoms. The van der Waals surface area contributed by atoms with Crippen LogP contribution >= 0.6 is 11.6 Å². The first-order chi connectivity index (χ1) is 14.5. The third-order valence-corrected chi connectivity index (χ3v) is 7.82. The Hall–Kier alpha value is -1.80. The SMILES string of the molecule is O=S(=O)(c1ccc(N2CCCCC2)c(NCc2ccc(Cl)cc2)c1)N1CCOCC1. The lowest BCUT2D eigenvalue weighted by Gasteiger charge is -2.31. The van der Waals surface area contributed by atoms with Crippen LogP contribution in [0, 0.1) is 0 Å². The molecule has 0 spiro atoms. The van der Waals surface area contributed by atoms with Crippen LogP contribution in [0.3, 0.4) is 0 Å². The molecule has 0 radical (unpaired) electrons. The van der Waals surface area contributed by atoms with E-state index >= 15 is 0 Å². The summed E-state index contributed by atoms with van der Waals surface area (Å²) >= 11 is 5.99. The Morgan fingerprint density at radius 1 is 0.933 bits per heavy atom. The third kappa shape index (κ3) is 4.91. The van der Waals surface area contributed by atoms with E-state index in [1.807, 2.05) is 30.3 Å². The molecule has 4 rings (SSSR count). The second-order valence-electron chi connectivity index (χ2n) is 7.72. The van der Waals surface area contributed by atoms with E-state index in [0.717, 1.165) is 42.9 Å². The van der Waals surface area contributed by atoms with Gasteiger partial charge in [0.2, 0.25) is 10.0 Å². The third-order valence-electron chi connectivity index (χ3n) is 5.67. The number of piperidine rings is 1. The molecule has 30 heavy (non-hydrogen) atoms. The highest BCUT2D eigenvalue weighted by atomic mass is 35.5. The molecule has 2 aromatic carbocycles. The molecule has 6 nitrogen and oxygen atoms in total. The lowest BCUT2D eigenvalue weighted by molar-refractivity contribution is 0.0730. The average molecular weight is 450 g/mol. The summed E-state index contributed by atoms with van der Waals surface area (Å²) in [7, 11) is -3.54. The van der Waals surface area contributed by atoms with Crippen molar-refractivity contribution in [2.24, 2.45) is 0 Å². The fraction of sp³-hybridized carbons (Fsp3) is 0.455. The molecule has 2 saturated heterocycles. The number of rotatable bonds is 6. The normalized spacial score (nSPS) is 18.4. The maximum absolute atomic E-state index is 13.2. The highest BCUT2D eigenvalue weighted by Gasteiger charge is 2.27. The van der Waals surface area contributed by atoms with Crippen LogP contribution in [-0.4, -0.2) is 52.1 Å². The standard InChI is InChI=1S/C22H28ClN3O3S/c23-19-6-4-18(5-7-19)17-24-21-16-20(30(27,28)26-12-14-29-15-13-26)8-9-22(21)25-10-2-1-3-11-25/h4-9,16,24H,1-3,10-15,17H2. The summed E-state index contributed by atoms with van der Waals surface area (Å²) in [6.45, 7) is 4.24. The van der Waals surface area contributed by atoms with Crippen LogP contribution in [0.2, 0.25) is 5.02 Å². The molecule has 162 valence electrons. The van der Waals surface area contributed by atoms with E-state index < -0.39 is 10.0 Å². The van der Waals surface area contributed by atoms with Gasteiger partial charge in [-0.1, -0.05) is 23.7 Å². The van der Waals surface area contributed by atoms with Gasteiger partial charge in [-0.15, -0.1) is 0 Å². The molecule has 2 heterocycles. The number of morpholine rings is 1. The summed E-state index contributed by atoms with van der Waals surface area (Å²) in [5.41, 5.74) is 3.00. The predicted molar refractivity (Wildman–Crippen MR) is 121 cm³/mol. The van der Waals surface area contributed by atoms with E-state index in [2.05, 4.69) is 10.2 Å². The number of benzene rings is 2. The van der Waals surface area contributed by atoms with Crippen LogP contribution in [0.1, 0.15) is 24.8 Å². The Morgan fingerprint density at radius 3 is 2.33 bits per heavy atom. The zero-order chi connectivity index (χ0) is 21.0. The molecular weight excluding hydrogens is 422 g/mol. The summed E-state index contributed by atoms with van der Waals surface area (Å²) in [5, 5.41) is 4.17. The van der Waals surface area contributed by atoms with Gasteiger partial charge in [0.15, 0.2) is 0 Å². The Balaban J connectivity index is 1.62. The molecule has 0 unspecified atom stereocenters. The number of halogens is 1. The molecule has 2 aliphatic heterocycles. The molecule has 1 N–H and O–H groups in total. The molecule has 2 aromatic rings. The molecule has 0 atom stereocenters. The van der Waals surface area contributed by atoms with E-state index in [0.29, 0.717) is 42.8 Å². The maximum atomic E-state index is 13.2. The van der Waals surface area contributed by atoms with Crippen LogP contribution in [0.15, 0.2) is 47.4 Å². The molecule has 2 aliphatic rings. The molecule has 2 fully saturated rings. The topological polar surface area (TPSA) is 61.9 Å². The summed E-state index contributed by atoms with van der Waals surface area (Å²) in [6, 6.07) is 13.1. The Morgan fingerprint density at radius 2 is 1.63 bits per heavy atom. The highest BCUT2D eigenvalue weighted by molar-refractivity contribution is 7.89. The smallest absolute Gasteiger partial charge is 0.243 e. The first kappa shape index (κ1) is 21.4. The number of ether oxygens (including phenoxy) is 1. The Labute approximate surface area is 183 Å². The van der Waals surface area contributed by atoms with Crippen LogP contribution in [0.5, 0.6) is 0 Å². The Bertz CT molecular complexity index is 954. The lowest BCUT2D eigenvalue weighted by atomic mass is 10.1. The van der Waals surface area contributed by atoms with E-state index in [1.54, 1.807) is 12.1 Å². The second-order valence-corrected chi connectivity index (χ2v) is 10.1. The van der Waals surface area contributed by atoms with Gasteiger partial charge in [-0.3, -0.25) is 0 Å². The number of nitrogens with zero attached hydrogens (tertiary/aromatic N) is 2. The minimum absolute atomic E-state index is 0.323. The van der Waals surface area contributed by atoms with Gasteiger partial charge in [0.05, 0.1) is 29.5 Å². The molecule has 0 aliphatic carbocycles. The second kappa shape index (κ2) is 9.56. The van der Waals surface area contributed by atoms with Crippen molar-refractivity contribution in [1.29, 1.82) is 0 Å². The van der Waals surface area contributed by atoms with Gasteiger partial charge in [0.1, 0.15) is 0 Å². The van der Waals surface area contributed by atoms with Gasteiger partial charge in [-0.05, 0) is 55.2 Å². The number of hydrogen-bond donors (Lipinski definition) is 1. The van der Waals surface area contributed by atoms with Crippen molar-refractivity contribution in [2.75, 3.05) is 49.6 Å². The minimum Gasteiger partial charge on any atom is -0.379 e. The van der Waals surface area contributed by atoms with Crippen LogP contribution in [0.4, 0.5) is 11.4 Å². The van der Waals surface area contributed by atoms with E-state index in [9.17, 15) is 8.42 Å². The zero-order valence-electron chi connectivity index (χ0n) is 17.0. The monoisotopic (exact) mass is 449 g/mol. The minimum atomic E-state index is -3.54. The van der Waals surface area contributed by atoms with Crippen molar-refractivity contribution in [2.45, 2.75) is 30.7 Å². The van der Waals surface area contributed by atoms with Gasteiger partial charge in [-0.2, -0.15) is 4.31 Å². The number of sulfonamides is 1. The Kier molecular flexibility index (Phi) is 6.83. The van der Waals surface area contributed by atoms with Crippen molar-refractivity contribution in [1.82, 2.24) is 4.31 Å². The average Bonchev–Trinajstić information content (AvgIpc) is 2.79. The first-order valence-electron chi connectivity index (χ1n) is 10.5. The van der Waals surface area contributed by atoms with Crippen molar-refractivity contribution >= 4 is 33.0 Å².